The number of nitrogens with zero attached hydrogens (tertiary/aromatic N) is 14. The van der Waals surface area contributed by atoms with Gasteiger partial charge in [-0.25, -0.2) is 39.2 Å². The van der Waals surface area contributed by atoms with Crippen LogP contribution in [0.3, 0.4) is 0 Å². The van der Waals surface area contributed by atoms with E-state index in [1.54, 1.807) is 68.3 Å². The molecule has 0 unspecified atom stereocenters. The van der Waals surface area contributed by atoms with E-state index in [9.17, 15) is 58.8 Å². The molecule has 10 heterocycles. The summed E-state index contributed by atoms with van der Waals surface area (Å²) in [7, 11) is 0. The lowest BCUT2D eigenvalue weighted by Crippen LogP contribution is -2.58. The highest BCUT2D eigenvalue weighted by atomic mass is 32.1. The van der Waals surface area contributed by atoms with Crippen molar-refractivity contribution in [1.82, 2.24) is 90.7 Å². The molecular formula is C102H142N22O19S2. The lowest BCUT2D eigenvalue weighted by atomic mass is 9.77. The summed E-state index contributed by atoms with van der Waals surface area (Å²) in [5.74, 6) is 9.82. The zero-order chi connectivity index (χ0) is 106. The van der Waals surface area contributed by atoms with Crippen LogP contribution in [0.15, 0.2) is 81.2 Å². The highest BCUT2D eigenvalue weighted by Gasteiger charge is 2.47. The van der Waals surface area contributed by atoms with Crippen molar-refractivity contribution in [3.05, 3.63) is 106 Å². The lowest BCUT2D eigenvalue weighted by molar-refractivity contribution is -0.146. The molecule has 0 saturated carbocycles. The van der Waals surface area contributed by atoms with Gasteiger partial charge in [-0.1, -0.05) is 147 Å². The fourth-order valence-corrected chi connectivity index (χ4v) is 17.5. The van der Waals surface area contributed by atoms with Crippen molar-refractivity contribution in [3.8, 4) is 79.1 Å². The number of nitrogens with one attached hydrogen (secondary N) is 4. The van der Waals surface area contributed by atoms with Crippen molar-refractivity contribution in [2.24, 2.45) is 28.2 Å². The van der Waals surface area contributed by atoms with E-state index in [1.165, 1.54) is 9.80 Å². The van der Waals surface area contributed by atoms with E-state index in [0.29, 0.717) is 121 Å². The Morgan fingerprint density at radius 3 is 1.37 bits per heavy atom. The molecule has 10 aromatic rings. The van der Waals surface area contributed by atoms with Crippen molar-refractivity contribution >= 4 is 104 Å². The van der Waals surface area contributed by atoms with Gasteiger partial charge in [-0.3, -0.25) is 38.4 Å². The second-order valence-electron chi connectivity index (χ2n) is 38.7. The molecule has 0 radical (unpaired) electrons. The van der Waals surface area contributed by atoms with Gasteiger partial charge in [0, 0.05) is 90.4 Å². The summed E-state index contributed by atoms with van der Waals surface area (Å²) < 4.78 is 36.4. The Balaban J connectivity index is 0.000000261. The second kappa shape index (κ2) is 55.5. The molecule has 6 amide bonds. The van der Waals surface area contributed by atoms with E-state index >= 15 is 0 Å². The molecule has 6 atom stereocenters. The van der Waals surface area contributed by atoms with E-state index in [0.717, 1.165) is 108 Å². The van der Waals surface area contributed by atoms with Crippen LogP contribution in [-0.2, 0) is 74.0 Å². The van der Waals surface area contributed by atoms with Gasteiger partial charge in [0.05, 0.1) is 83.2 Å². The monoisotopic (exact) mass is 2040 g/mol. The number of hydrogen-bond acceptors (Lipinski definition) is 34. The Bertz CT molecular complexity index is 6060. The minimum Gasteiger partial charge on any atom is -0.490 e. The molecule has 2 aliphatic heterocycles. The number of rotatable bonds is 45. The third-order valence-electron chi connectivity index (χ3n) is 23.5. The Morgan fingerprint density at radius 1 is 0.538 bits per heavy atom. The number of imidazole rings is 2. The van der Waals surface area contributed by atoms with Gasteiger partial charge >= 0.3 is 5.97 Å². The number of aliphatic hydroxyl groups is 4. The van der Waals surface area contributed by atoms with Crippen molar-refractivity contribution in [2.75, 3.05) is 83.8 Å². The molecule has 0 spiro atoms. The zero-order valence-electron chi connectivity index (χ0n) is 85.7. The van der Waals surface area contributed by atoms with Crippen molar-refractivity contribution < 1.29 is 92.1 Å². The number of nitrogens with two attached hydrogens (primary N) is 4. The maximum atomic E-state index is 14.0. The first-order valence-corrected chi connectivity index (χ1v) is 50.8. The minimum atomic E-state index is -1.24. The van der Waals surface area contributed by atoms with Gasteiger partial charge in [0.15, 0.2) is 52.0 Å². The third kappa shape index (κ3) is 34.7. The van der Waals surface area contributed by atoms with Crippen LogP contribution in [0.4, 0.5) is 11.6 Å². The Kier molecular flexibility index (Phi) is 44.3. The number of aliphatic hydroxyl groups excluding tert-OH is 2. The number of amides is 6. The van der Waals surface area contributed by atoms with E-state index in [-0.39, 0.29) is 125 Å². The SMILES string of the molecule is CCCN.CCn1c(-c2nonc2N)nc2c(C#CC(C)(C)O)ncc(OCCCCCCCC(=O)NCCOCC(=O)N[C@H](C(=O)N3C[C@H](O)C[C@H]3C(=O)NCc3ccc(-c4scnc4C)cc3)C(C)(C)C)c21.CCn1c(-c2nonc2N)nc2c(C#CC(C)(C)O)ncc(OCCCCCCCC(=O)O)c21.Cc1ncsc1-c1ccc(CNC(=O)[C@@H]2C[C@@H](O)CN2C(=O)[C@@H](CC(=O)COCCN)C(C)(C)C)cc1. The number of unbranched alkanes of at least 4 members (excludes halogenated alkanes) is 8. The van der Waals surface area contributed by atoms with E-state index in [4.69, 9.17) is 61.2 Å². The van der Waals surface area contributed by atoms with Crippen LogP contribution in [0.2, 0.25) is 0 Å². The fourth-order valence-electron chi connectivity index (χ4n) is 15.9. The van der Waals surface area contributed by atoms with E-state index < -0.39 is 76.1 Å². The molecule has 2 aliphatic rings. The van der Waals surface area contributed by atoms with Gasteiger partial charge in [0.1, 0.15) is 76.0 Å². The third-order valence-corrected chi connectivity index (χ3v) is 25.5. The number of carboxylic acid groups (broad SMARTS) is 1. The number of likely N-dealkylation sites (tertiary alicyclic amines) is 2. The zero-order valence-corrected chi connectivity index (χ0v) is 87.3. The Labute approximate surface area is 853 Å². The van der Waals surface area contributed by atoms with Gasteiger partial charge in [-0.2, -0.15) is 0 Å². The highest BCUT2D eigenvalue weighted by molar-refractivity contribution is 7.13. The molecular weight excluding hydrogens is 1900 g/mol. The van der Waals surface area contributed by atoms with Gasteiger partial charge in [0.2, 0.25) is 35.4 Å². The molecule has 0 bridgehead atoms. The first kappa shape index (κ1) is 116. The summed E-state index contributed by atoms with van der Waals surface area (Å²) in [4.78, 5) is 135. The van der Waals surface area contributed by atoms with E-state index in [2.05, 4.69) is 97.4 Å². The number of benzene rings is 2. The number of β-amino-alcohol motifs (C(OH)–C–C–N with tert-alkyl or cyclic N) is 2. The minimum absolute atomic E-state index is 0.000573. The summed E-state index contributed by atoms with van der Waals surface area (Å²) in [6, 6.07) is 13.0. The molecule has 17 N–H and O–H groups in total. The summed E-state index contributed by atoms with van der Waals surface area (Å²) in [6.45, 7) is 31.1. The molecule has 786 valence electrons. The molecule has 41 nitrogen and oxygen atoms in total. The average Bonchev–Trinajstić information content (AvgIpc) is 1.60. The number of Topliss-reactive ketones (excluding diaryl/α,β-unsaturated/α-hetero) is 1. The number of pyridine rings is 2. The van der Waals surface area contributed by atoms with Crippen LogP contribution in [0.1, 0.15) is 227 Å². The molecule has 145 heavy (non-hydrogen) atoms. The van der Waals surface area contributed by atoms with Crippen molar-refractivity contribution in [2.45, 2.75) is 274 Å². The molecule has 2 aromatic carbocycles. The van der Waals surface area contributed by atoms with Crippen LogP contribution >= 0.6 is 22.7 Å². The molecule has 2 fully saturated rings. The number of carbonyl (C=O) groups excluding carboxylic acids is 7. The van der Waals surface area contributed by atoms with Crippen LogP contribution in [0.25, 0.3) is 66.0 Å². The lowest BCUT2D eigenvalue weighted by Gasteiger charge is -2.35. The number of hydrogen-bond donors (Lipinski definition) is 13. The molecule has 0 aliphatic carbocycles. The quantitative estimate of drug-likeness (QED) is 0.0125. The summed E-state index contributed by atoms with van der Waals surface area (Å²) in [6.07, 6.45) is 11.8. The molecule has 2 saturated heterocycles. The van der Waals surface area contributed by atoms with Crippen molar-refractivity contribution in [3.63, 3.8) is 0 Å². The number of ketones is 1. The highest BCUT2D eigenvalue weighted by Crippen LogP contribution is 2.39. The predicted molar refractivity (Wildman–Crippen MR) is 550 cm³/mol. The number of carboxylic acids is 1. The smallest absolute Gasteiger partial charge is 0.303 e. The number of ether oxygens (including phenoxy) is 4. The number of nitrogen functional groups attached to an aromatic ring is 2. The number of aromatic nitrogens is 12. The molecule has 43 heteroatoms. The summed E-state index contributed by atoms with van der Waals surface area (Å²) in [5, 5.41) is 76.4. The molecule has 12 rings (SSSR count). The fraction of sp³-hybridized carbons (Fsp3) is 0.549. The summed E-state index contributed by atoms with van der Waals surface area (Å²) >= 11 is 3.15. The van der Waals surface area contributed by atoms with Crippen LogP contribution in [0.5, 0.6) is 11.5 Å². The predicted octanol–water partition coefficient (Wildman–Crippen LogP) is 9.96. The van der Waals surface area contributed by atoms with Crippen LogP contribution < -0.4 is 53.7 Å². The maximum absolute atomic E-state index is 14.0. The average molecular weight is 2040 g/mol. The largest absolute Gasteiger partial charge is 0.490 e. The van der Waals surface area contributed by atoms with Gasteiger partial charge < -0.3 is 108 Å². The normalized spacial score (nSPS) is 15.0. The number of thiazole rings is 2. The number of aryl methyl sites for hydroxylation is 4. The van der Waals surface area contributed by atoms with Gasteiger partial charge in [-0.15, -0.1) is 22.7 Å². The first-order chi connectivity index (χ1) is 69.0. The van der Waals surface area contributed by atoms with E-state index in [1.807, 2.05) is 132 Å². The van der Waals surface area contributed by atoms with Gasteiger partial charge in [-0.05, 0) is 160 Å². The van der Waals surface area contributed by atoms with Crippen LogP contribution in [0, 0.1) is 54.3 Å². The first-order valence-electron chi connectivity index (χ1n) is 49.1. The van der Waals surface area contributed by atoms with Crippen molar-refractivity contribution in [1.29, 1.82) is 0 Å². The van der Waals surface area contributed by atoms with Gasteiger partial charge in [0.25, 0.3) is 0 Å². The second-order valence-corrected chi connectivity index (χ2v) is 40.4. The number of fused-ring (bicyclic) bond motifs is 2. The topological polar surface area (TPSA) is 598 Å². The molecule has 8 aromatic heterocycles. The summed E-state index contributed by atoms with van der Waals surface area (Å²) in [5.41, 5.74) is 31.8. The Morgan fingerprint density at radius 2 is 0.972 bits per heavy atom. The Hall–Kier alpha value is -12.8. The number of carbonyl (C=O) groups is 8. The number of anilines is 2. The standard InChI is InChI=1S/C49H65N11O9S.C27H38N4O5S.C23H30N6O5.C3H9N/c1-8-59-41-36(26-52-34(19-20-49(6,7)66)39(41)56-45(59)40-44(50)58-69-57-40)68-22-13-11-9-10-12-14-37(62)51-21-23-67-28-38(63)55-43(48(3,4)5)47(65)60-27-33(61)24-35(60)46(64)53-25-31-15-17-32(18-16-31)42-30(2)54-29-70-42;1-17-24(37-16-30-17)19-7-5-18(6-8-19)13-29-25(34)23-12-20(32)14-31(23)26(35)22(27(2,3)4)11-21(33)15-36-10-9-28;1-4-29-20-16(33-13-9-7-5-6-8-10-17(30)31)14-25-15(11-12-23(2,3)32)18(20)26-22(29)19-21(24)28-34-27-19;1-2-3-4/h15-18,26,29,33,35,43,61,66H,8-14,21-25,27-28H2,1-7H3,(H2,50,58)(H,51,62)(H,53,64)(H,55,63);5-8,16,20,22-23,32H,9-15,28H2,1-4H3,(H,29,34);14,32H,4-10,13H2,1-3H3,(H2,24,28)(H,30,31);2-4H2,1H3/t33-,35+,43-;20-,22-,23+;;/m11../s1. The maximum Gasteiger partial charge on any atom is 0.303 e. The van der Waals surface area contributed by atoms with Crippen LogP contribution in [-0.4, -0.2) is 256 Å². The number of aliphatic carboxylic acids is 1.